The van der Waals surface area contributed by atoms with E-state index in [4.69, 9.17) is 0 Å². The number of hydrogen-bond acceptors (Lipinski definition) is 4. The third-order valence-corrected chi connectivity index (χ3v) is 3.83. The second-order valence-corrected chi connectivity index (χ2v) is 5.35. The van der Waals surface area contributed by atoms with Crippen LogP contribution in [0.3, 0.4) is 0 Å². The number of halogens is 1. The molecule has 1 aromatic heterocycles. The summed E-state index contributed by atoms with van der Waals surface area (Å²) in [5, 5.41) is 10.00. The average Bonchev–Trinajstić information content (AvgIpc) is 2.96. The smallest absolute Gasteiger partial charge is 0.271 e. The number of amides is 2. The van der Waals surface area contributed by atoms with Gasteiger partial charge in [-0.1, -0.05) is 17.3 Å². The zero-order valence-electron chi connectivity index (χ0n) is 12.6. The molecule has 0 saturated carbocycles. The van der Waals surface area contributed by atoms with Crippen molar-refractivity contribution in [2.24, 2.45) is 7.05 Å². The fraction of sp³-hybridized carbons (Fsp3) is 0.333. The van der Waals surface area contributed by atoms with E-state index in [9.17, 15) is 14.0 Å². The number of aromatic nitrogens is 3. The summed E-state index contributed by atoms with van der Waals surface area (Å²) in [6, 6.07) is 5.43. The summed E-state index contributed by atoms with van der Waals surface area (Å²) in [5.41, 5.74) is 0.500. The Hall–Kier alpha value is -2.77. The molecule has 1 aromatic carbocycles. The lowest BCUT2D eigenvalue weighted by Gasteiger charge is -2.32. The van der Waals surface area contributed by atoms with Crippen LogP contribution in [0.2, 0.25) is 0 Å². The summed E-state index contributed by atoms with van der Waals surface area (Å²) < 4.78 is 15.2. The van der Waals surface area contributed by atoms with Crippen LogP contribution in [0, 0.1) is 5.82 Å². The van der Waals surface area contributed by atoms with Gasteiger partial charge in [-0.05, 0) is 25.0 Å². The molecule has 1 aliphatic rings. The van der Waals surface area contributed by atoms with E-state index in [2.05, 4.69) is 15.6 Å². The molecule has 0 radical (unpaired) electrons. The predicted molar refractivity (Wildman–Crippen MR) is 80.2 cm³/mol. The minimum Gasteiger partial charge on any atom is -0.339 e. The summed E-state index contributed by atoms with van der Waals surface area (Å²) in [4.78, 5) is 26.1. The van der Waals surface area contributed by atoms with E-state index in [1.165, 1.54) is 21.8 Å². The number of rotatable bonds is 3. The Labute approximate surface area is 132 Å². The van der Waals surface area contributed by atoms with Crippen molar-refractivity contribution in [2.45, 2.75) is 18.9 Å². The van der Waals surface area contributed by atoms with Crippen LogP contribution < -0.4 is 10.2 Å². The number of nitrogens with zero attached hydrogens (tertiary/aromatic N) is 4. The van der Waals surface area contributed by atoms with E-state index in [1.807, 2.05) is 0 Å². The molecule has 0 unspecified atom stereocenters. The summed E-state index contributed by atoms with van der Waals surface area (Å²) in [7, 11) is 1.59. The van der Waals surface area contributed by atoms with Gasteiger partial charge in [0.25, 0.3) is 5.91 Å². The van der Waals surface area contributed by atoms with Gasteiger partial charge in [-0.2, -0.15) is 0 Å². The van der Waals surface area contributed by atoms with E-state index in [0.717, 1.165) is 0 Å². The van der Waals surface area contributed by atoms with Crippen LogP contribution in [0.5, 0.6) is 0 Å². The number of piperidine rings is 1. The Bertz CT molecular complexity index is 745. The van der Waals surface area contributed by atoms with E-state index < -0.39 is 17.8 Å². The molecule has 1 atom stereocenters. The highest BCUT2D eigenvalue weighted by Crippen LogP contribution is 2.24. The first-order valence-electron chi connectivity index (χ1n) is 7.29. The third-order valence-electron chi connectivity index (χ3n) is 3.83. The molecular formula is C15H16FN5O2. The van der Waals surface area contributed by atoms with Crippen LogP contribution in [0.1, 0.15) is 23.3 Å². The molecule has 2 heterocycles. The number of carbonyl (C=O) groups excluding carboxylic acids is 2. The molecule has 120 valence electrons. The molecule has 7 nitrogen and oxygen atoms in total. The molecule has 8 heteroatoms. The number of carbonyl (C=O) groups is 2. The summed E-state index contributed by atoms with van der Waals surface area (Å²) in [6.07, 6.45) is 2.52. The maximum absolute atomic E-state index is 13.9. The second-order valence-electron chi connectivity index (χ2n) is 5.35. The Morgan fingerprint density at radius 1 is 1.39 bits per heavy atom. The second kappa shape index (κ2) is 6.15. The van der Waals surface area contributed by atoms with Gasteiger partial charge in [-0.15, -0.1) is 5.10 Å². The minimum absolute atomic E-state index is 0.235. The monoisotopic (exact) mass is 317 g/mol. The van der Waals surface area contributed by atoms with Crippen LogP contribution >= 0.6 is 0 Å². The van der Waals surface area contributed by atoms with E-state index >= 15 is 0 Å². The molecule has 3 rings (SSSR count). The number of hydrogen-bond donors (Lipinski definition) is 1. The Kier molecular flexibility index (Phi) is 4.05. The van der Waals surface area contributed by atoms with Gasteiger partial charge in [0.1, 0.15) is 17.6 Å². The highest BCUT2D eigenvalue weighted by atomic mass is 19.1. The number of anilines is 1. The maximum Gasteiger partial charge on any atom is 0.271 e. The standard InChI is InChI=1S/C15H16FN5O2/c1-20-13(9-17-19-20)14(22)18-11-6-4-8-21(15(11)23)12-7-3-2-5-10(12)16/h2-3,5,7,9,11H,4,6,8H2,1H3,(H,18,22)/t11-/m0/s1. The molecule has 0 aliphatic carbocycles. The molecule has 23 heavy (non-hydrogen) atoms. The van der Waals surface area contributed by atoms with E-state index in [-0.39, 0.29) is 17.3 Å². The Morgan fingerprint density at radius 2 is 2.17 bits per heavy atom. The predicted octanol–water partition coefficient (Wildman–Crippen LogP) is 0.880. The minimum atomic E-state index is -0.689. The molecule has 2 amide bonds. The third kappa shape index (κ3) is 2.92. The molecule has 1 aliphatic heterocycles. The molecule has 2 aromatic rings. The van der Waals surface area contributed by atoms with Crippen molar-refractivity contribution < 1.29 is 14.0 Å². The van der Waals surface area contributed by atoms with Gasteiger partial charge in [-0.25, -0.2) is 9.07 Å². The highest BCUT2D eigenvalue weighted by molar-refractivity contribution is 6.02. The summed E-state index contributed by atoms with van der Waals surface area (Å²) in [6.45, 7) is 0.430. The van der Waals surface area contributed by atoms with Crippen molar-refractivity contribution in [1.82, 2.24) is 20.3 Å². The SMILES string of the molecule is Cn1nncc1C(=O)N[C@H]1CCCN(c2ccccc2F)C1=O. The van der Waals surface area contributed by atoms with Crippen molar-refractivity contribution in [3.63, 3.8) is 0 Å². The highest BCUT2D eigenvalue weighted by Gasteiger charge is 2.32. The molecule has 0 spiro atoms. The molecule has 1 fully saturated rings. The average molecular weight is 317 g/mol. The van der Waals surface area contributed by atoms with Crippen molar-refractivity contribution >= 4 is 17.5 Å². The Balaban J connectivity index is 1.77. The van der Waals surface area contributed by atoms with Gasteiger partial charge < -0.3 is 10.2 Å². The van der Waals surface area contributed by atoms with Crippen LogP contribution in [-0.4, -0.2) is 39.4 Å². The van der Waals surface area contributed by atoms with Crippen molar-refractivity contribution in [3.05, 3.63) is 42.0 Å². The van der Waals surface area contributed by atoms with Crippen molar-refractivity contribution in [1.29, 1.82) is 0 Å². The summed E-state index contributed by atoms with van der Waals surface area (Å²) >= 11 is 0. The number of nitrogens with one attached hydrogen (secondary N) is 1. The Morgan fingerprint density at radius 3 is 2.87 bits per heavy atom. The maximum atomic E-state index is 13.9. The molecule has 0 bridgehead atoms. The first kappa shape index (κ1) is 15.1. The van der Waals surface area contributed by atoms with Crippen LogP contribution in [0.15, 0.2) is 30.5 Å². The molecule has 1 saturated heterocycles. The van der Waals surface area contributed by atoms with Crippen LogP contribution in [0.4, 0.5) is 10.1 Å². The fourth-order valence-corrected chi connectivity index (χ4v) is 2.65. The zero-order chi connectivity index (χ0) is 16.4. The first-order chi connectivity index (χ1) is 11.1. The number of aryl methyl sites for hydroxylation is 1. The lowest BCUT2D eigenvalue weighted by atomic mass is 10.0. The van der Waals surface area contributed by atoms with E-state index in [0.29, 0.717) is 19.4 Å². The van der Waals surface area contributed by atoms with Crippen LogP contribution in [-0.2, 0) is 11.8 Å². The van der Waals surface area contributed by atoms with Gasteiger partial charge in [0.2, 0.25) is 5.91 Å². The lowest BCUT2D eigenvalue weighted by Crippen LogP contribution is -2.52. The number of para-hydroxylation sites is 1. The zero-order valence-corrected chi connectivity index (χ0v) is 12.6. The van der Waals surface area contributed by atoms with Crippen molar-refractivity contribution in [3.8, 4) is 0 Å². The van der Waals surface area contributed by atoms with Gasteiger partial charge in [0, 0.05) is 13.6 Å². The van der Waals surface area contributed by atoms with E-state index in [1.54, 1.807) is 25.2 Å². The van der Waals surface area contributed by atoms with Gasteiger partial charge in [0.15, 0.2) is 0 Å². The van der Waals surface area contributed by atoms with Crippen LogP contribution in [0.25, 0.3) is 0 Å². The summed E-state index contributed by atoms with van der Waals surface area (Å²) in [5.74, 6) is -1.19. The first-order valence-corrected chi connectivity index (χ1v) is 7.29. The topological polar surface area (TPSA) is 80.1 Å². The van der Waals surface area contributed by atoms with Gasteiger partial charge in [-0.3, -0.25) is 9.59 Å². The van der Waals surface area contributed by atoms with Crippen molar-refractivity contribution in [2.75, 3.05) is 11.4 Å². The molecular weight excluding hydrogens is 301 g/mol. The quantitative estimate of drug-likeness (QED) is 0.911. The van der Waals surface area contributed by atoms with Gasteiger partial charge in [0.05, 0.1) is 11.9 Å². The van der Waals surface area contributed by atoms with Gasteiger partial charge >= 0.3 is 0 Å². The number of benzene rings is 1. The molecule has 1 N–H and O–H groups in total. The normalized spacial score (nSPS) is 18.1. The lowest BCUT2D eigenvalue weighted by molar-refractivity contribution is -0.121. The largest absolute Gasteiger partial charge is 0.339 e. The fourth-order valence-electron chi connectivity index (χ4n) is 2.65.